The molecule has 0 bridgehead atoms. The van der Waals surface area contributed by atoms with Crippen LogP contribution in [-0.2, 0) is 11.2 Å². The molecular formula is C19H21N3O2. The first kappa shape index (κ1) is 16.2. The molecule has 1 aliphatic rings. The molecule has 1 fully saturated rings. The summed E-state index contributed by atoms with van der Waals surface area (Å²) >= 11 is 0. The number of hydrogen-bond acceptors (Lipinski definition) is 3. The summed E-state index contributed by atoms with van der Waals surface area (Å²) in [5.41, 5.74) is 1.35. The van der Waals surface area contributed by atoms with Crippen molar-refractivity contribution in [1.29, 1.82) is 0 Å². The summed E-state index contributed by atoms with van der Waals surface area (Å²) in [6, 6.07) is 14.3. The smallest absolute Gasteiger partial charge is 0.270 e. The van der Waals surface area contributed by atoms with E-state index in [1.54, 1.807) is 24.4 Å². The summed E-state index contributed by atoms with van der Waals surface area (Å²) in [5, 5.41) is 2.87. The molecule has 1 aromatic carbocycles. The minimum Gasteiger partial charge on any atom is -0.341 e. The Hall–Kier alpha value is -2.69. The standard InChI is InChI=1S/C19H21N3O2/c23-18(16-10-4-5-11-20-16)21-17(14-15-8-2-1-3-9-15)19(24)22-12-6-7-13-22/h1-5,8-11,17H,6-7,12-14H2,(H,21,23)/t17-/m0/s1. The van der Waals surface area contributed by atoms with Crippen LogP contribution in [0.5, 0.6) is 0 Å². The molecular weight excluding hydrogens is 302 g/mol. The van der Waals surface area contributed by atoms with Gasteiger partial charge in [-0.1, -0.05) is 36.4 Å². The highest BCUT2D eigenvalue weighted by Crippen LogP contribution is 2.12. The maximum absolute atomic E-state index is 12.8. The van der Waals surface area contributed by atoms with Gasteiger partial charge in [0, 0.05) is 25.7 Å². The Bertz CT molecular complexity index is 682. The van der Waals surface area contributed by atoms with Crippen LogP contribution in [0.15, 0.2) is 54.7 Å². The van der Waals surface area contributed by atoms with Gasteiger partial charge < -0.3 is 10.2 Å². The normalized spacial score (nSPS) is 15.1. The molecule has 2 amide bonds. The van der Waals surface area contributed by atoms with Gasteiger partial charge in [0.15, 0.2) is 0 Å². The van der Waals surface area contributed by atoms with Gasteiger partial charge in [-0.3, -0.25) is 14.6 Å². The maximum Gasteiger partial charge on any atom is 0.270 e. The topological polar surface area (TPSA) is 62.3 Å². The molecule has 1 saturated heterocycles. The highest BCUT2D eigenvalue weighted by Gasteiger charge is 2.28. The van der Waals surface area contributed by atoms with Gasteiger partial charge in [0.05, 0.1) is 0 Å². The van der Waals surface area contributed by atoms with Crippen LogP contribution < -0.4 is 5.32 Å². The number of nitrogens with zero attached hydrogens (tertiary/aromatic N) is 2. The Morgan fingerprint density at radius 3 is 2.42 bits per heavy atom. The van der Waals surface area contributed by atoms with Crippen molar-refractivity contribution >= 4 is 11.8 Å². The molecule has 2 heterocycles. The summed E-state index contributed by atoms with van der Waals surface area (Å²) in [5.74, 6) is -0.329. The van der Waals surface area contributed by atoms with Crippen molar-refractivity contribution in [3.05, 3.63) is 66.0 Å². The van der Waals surface area contributed by atoms with Crippen LogP contribution in [0.3, 0.4) is 0 Å². The second-order valence-electron chi connectivity index (χ2n) is 5.96. The molecule has 1 N–H and O–H groups in total. The second kappa shape index (κ2) is 7.73. The Morgan fingerprint density at radius 2 is 1.75 bits per heavy atom. The van der Waals surface area contributed by atoms with Crippen molar-refractivity contribution in [3.8, 4) is 0 Å². The number of nitrogens with one attached hydrogen (secondary N) is 1. The molecule has 3 rings (SSSR count). The molecule has 124 valence electrons. The third-order valence-electron chi connectivity index (χ3n) is 4.20. The molecule has 2 aromatic rings. The van der Waals surface area contributed by atoms with Crippen molar-refractivity contribution in [3.63, 3.8) is 0 Å². The first-order valence-electron chi connectivity index (χ1n) is 8.28. The number of carbonyl (C=O) groups excluding carboxylic acids is 2. The van der Waals surface area contributed by atoms with Crippen molar-refractivity contribution in [2.24, 2.45) is 0 Å². The van der Waals surface area contributed by atoms with Crippen LogP contribution in [0.1, 0.15) is 28.9 Å². The van der Waals surface area contributed by atoms with Crippen LogP contribution in [0, 0.1) is 0 Å². The van der Waals surface area contributed by atoms with Crippen LogP contribution in [0.4, 0.5) is 0 Å². The van der Waals surface area contributed by atoms with Gasteiger partial charge in [0.2, 0.25) is 5.91 Å². The number of benzene rings is 1. The van der Waals surface area contributed by atoms with Gasteiger partial charge in [-0.15, -0.1) is 0 Å². The summed E-state index contributed by atoms with van der Waals surface area (Å²) in [6.45, 7) is 1.53. The third kappa shape index (κ3) is 3.98. The lowest BCUT2D eigenvalue weighted by atomic mass is 10.0. The molecule has 5 nitrogen and oxygen atoms in total. The Morgan fingerprint density at radius 1 is 1.04 bits per heavy atom. The first-order valence-corrected chi connectivity index (χ1v) is 8.28. The van der Waals surface area contributed by atoms with E-state index in [0.717, 1.165) is 31.5 Å². The zero-order valence-corrected chi connectivity index (χ0v) is 13.5. The quantitative estimate of drug-likeness (QED) is 0.916. The lowest BCUT2D eigenvalue weighted by Crippen LogP contribution is -2.49. The van der Waals surface area contributed by atoms with Crippen molar-refractivity contribution < 1.29 is 9.59 Å². The van der Waals surface area contributed by atoms with E-state index in [1.165, 1.54) is 0 Å². The molecule has 1 aliphatic heterocycles. The van der Waals surface area contributed by atoms with E-state index in [2.05, 4.69) is 10.3 Å². The van der Waals surface area contributed by atoms with E-state index in [9.17, 15) is 9.59 Å². The molecule has 0 spiro atoms. The lowest BCUT2D eigenvalue weighted by molar-refractivity contribution is -0.132. The van der Waals surface area contributed by atoms with Crippen LogP contribution in [0.25, 0.3) is 0 Å². The summed E-state index contributed by atoms with van der Waals surface area (Å²) in [6.07, 6.45) is 4.11. The Balaban J connectivity index is 1.76. The Kier molecular flexibility index (Phi) is 5.21. The van der Waals surface area contributed by atoms with E-state index < -0.39 is 6.04 Å². The minimum absolute atomic E-state index is 0.0133. The number of aromatic nitrogens is 1. The fourth-order valence-electron chi connectivity index (χ4n) is 2.94. The summed E-state index contributed by atoms with van der Waals surface area (Å²) < 4.78 is 0. The number of rotatable bonds is 5. The van der Waals surface area contributed by atoms with Gasteiger partial charge in [-0.25, -0.2) is 0 Å². The van der Waals surface area contributed by atoms with Crippen LogP contribution >= 0.6 is 0 Å². The van der Waals surface area contributed by atoms with Crippen molar-refractivity contribution in [1.82, 2.24) is 15.2 Å². The monoisotopic (exact) mass is 323 g/mol. The van der Waals surface area contributed by atoms with E-state index in [4.69, 9.17) is 0 Å². The van der Waals surface area contributed by atoms with Gasteiger partial charge in [-0.05, 0) is 30.5 Å². The van der Waals surface area contributed by atoms with Crippen molar-refractivity contribution in [2.45, 2.75) is 25.3 Å². The zero-order valence-electron chi connectivity index (χ0n) is 13.5. The third-order valence-corrected chi connectivity index (χ3v) is 4.20. The van der Waals surface area contributed by atoms with Gasteiger partial charge >= 0.3 is 0 Å². The van der Waals surface area contributed by atoms with E-state index >= 15 is 0 Å². The highest BCUT2D eigenvalue weighted by atomic mass is 16.2. The number of carbonyl (C=O) groups is 2. The average Bonchev–Trinajstić information content (AvgIpc) is 3.17. The first-order chi connectivity index (χ1) is 11.7. The van der Waals surface area contributed by atoms with Gasteiger partial charge in [0.1, 0.15) is 11.7 Å². The van der Waals surface area contributed by atoms with E-state index in [1.807, 2.05) is 35.2 Å². The SMILES string of the molecule is O=C(N[C@@H](Cc1ccccc1)C(=O)N1CCCC1)c1ccccn1. The molecule has 0 aliphatic carbocycles. The maximum atomic E-state index is 12.8. The molecule has 24 heavy (non-hydrogen) atoms. The van der Waals surface area contributed by atoms with Crippen molar-refractivity contribution in [2.75, 3.05) is 13.1 Å². The molecule has 5 heteroatoms. The number of likely N-dealkylation sites (tertiary alicyclic amines) is 1. The molecule has 1 aromatic heterocycles. The van der Waals surface area contributed by atoms with E-state index in [0.29, 0.717) is 12.1 Å². The number of hydrogen-bond donors (Lipinski definition) is 1. The number of pyridine rings is 1. The summed E-state index contributed by atoms with van der Waals surface area (Å²) in [7, 11) is 0. The molecule has 0 saturated carbocycles. The second-order valence-corrected chi connectivity index (χ2v) is 5.96. The molecule has 1 atom stereocenters. The predicted molar refractivity (Wildman–Crippen MR) is 91.5 cm³/mol. The fourth-order valence-corrected chi connectivity index (χ4v) is 2.94. The highest BCUT2D eigenvalue weighted by molar-refractivity contribution is 5.96. The predicted octanol–water partition coefficient (Wildman–Crippen LogP) is 2.05. The fraction of sp³-hybridized carbons (Fsp3) is 0.316. The Labute approximate surface area is 141 Å². The zero-order chi connectivity index (χ0) is 16.8. The van der Waals surface area contributed by atoms with Gasteiger partial charge in [-0.2, -0.15) is 0 Å². The van der Waals surface area contributed by atoms with E-state index in [-0.39, 0.29) is 11.8 Å². The van der Waals surface area contributed by atoms with Crippen LogP contribution in [-0.4, -0.2) is 40.8 Å². The number of amides is 2. The largest absolute Gasteiger partial charge is 0.341 e. The minimum atomic E-state index is -0.569. The lowest BCUT2D eigenvalue weighted by Gasteiger charge is -2.24. The summed E-state index contributed by atoms with van der Waals surface area (Å²) in [4.78, 5) is 31.1. The van der Waals surface area contributed by atoms with Crippen LogP contribution in [0.2, 0.25) is 0 Å². The molecule has 0 radical (unpaired) electrons. The average molecular weight is 323 g/mol. The van der Waals surface area contributed by atoms with Gasteiger partial charge in [0.25, 0.3) is 5.91 Å². The molecule has 0 unspecified atom stereocenters.